The van der Waals surface area contributed by atoms with Gasteiger partial charge in [0.15, 0.2) is 17.5 Å². The van der Waals surface area contributed by atoms with Crippen molar-refractivity contribution < 1.29 is 4.42 Å². The maximum Gasteiger partial charge on any atom is 0.165 e. The topological polar surface area (TPSA) is 51.8 Å². The Bertz CT molecular complexity index is 3230. The molecule has 5 heteroatoms. The number of fused-ring (bicyclic) bond motifs is 6. The van der Waals surface area contributed by atoms with Gasteiger partial charge in [0.2, 0.25) is 0 Å². The maximum absolute atomic E-state index is 6.53. The summed E-state index contributed by atoms with van der Waals surface area (Å²) in [6.45, 7) is 0. The SMILES string of the molecule is c1ccc(-c2ccc(-c3nc(-c4ccccc4)nc(-c4cccc5c4sc4c(-c6cc(-c7ccccc7)c7c(c6)oc6ccccc67)cccc45)n3)cc2)cc1. The lowest BCUT2D eigenvalue weighted by Gasteiger charge is -2.10. The van der Waals surface area contributed by atoms with Crippen molar-refractivity contribution in [2.45, 2.75) is 0 Å². The molecule has 0 unspecified atom stereocenters. The minimum Gasteiger partial charge on any atom is -0.456 e. The Morgan fingerprint density at radius 1 is 0.321 bits per heavy atom. The summed E-state index contributed by atoms with van der Waals surface area (Å²) >= 11 is 1.79. The first-order valence-corrected chi connectivity index (χ1v) is 19.5. The summed E-state index contributed by atoms with van der Waals surface area (Å²) in [6, 6.07) is 65.6. The fraction of sp³-hybridized carbons (Fsp3) is 0. The molecule has 0 atom stereocenters. The standard InChI is InChI=1S/C51H31N3OS/c1-4-14-32(15-5-1)33-26-28-36(29-27-33)50-52-49(35-18-8-3-9-19-35)53-51(54-50)42-24-13-23-40-39-22-12-21-38(47(39)56-48(40)42)37-30-43(34-16-6-2-7-17-34)46-41-20-10-11-25-44(41)55-45(46)31-37/h1-31H. The molecule has 0 N–H and O–H groups in total. The molecule has 0 aliphatic carbocycles. The van der Waals surface area contributed by atoms with Gasteiger partial charge in [0.1, 0.15) is 11.2 Å². The van der Waals surface area contributed by atoms with Gasteiger partial charge in [-0.2, -0.15) is 0 Å². The van der Waals surface area contributed by atoms with Crippen molar-refractivity contribution in [3.05, 3.63) is 188 Å². The molecule has 0 saturated carbocycles. The second-order valence-electron chi connectivity index (χ2n) is 13.9. The van der Waals surface area contributed by atoms with Crippen molar-refractivity contribution in [1.29, 1.82) is 0 Å². The molecule has 3 aromatic heterocycles. The van der Waals surface area contributed by atoms with Gasteiger partial charge in [-0.3, -0.25) is 0 Å². The van der Waals surface area contributed by atoms with Crippen LogP contribution in [0.25, 0.3) is 110 Å². The highest BCUT2D eigenvalue weighted by molar-refractivity contribution is 7.26. The Morgan fingerprint density at radius 2 is 0.821 bits per heavy atom. The van der Waals surface area contributed by atoms with Crippen molar-refractivity contribution in [3.8, 4) is 67.5 Å². The van der Waals surface area contributed by atoms with E-state index in [9.17, 15) is 0 Å². The lowest BCUT2D eigenvalue weighted by Crippen LogP contribution is -2.00. The molecule has 0 radical (unpaired) electrons. The van der Waals surface area contributed by atoms with Gasteiger partial charge in [0, 0.05) is 47.6 Å². The van der Waals surface area contributed by atoms with E-state index < -0.39 is 0 Å². The van der Waals surface area contributed by atoms with Crippen molar-refractivity contribution in [2.75, 3.05) is 0 Å². The van der Waals surface area contributed by atoms with Gasteiger partial charge in [0.05, 0.1) is 0 Å². The van der Waals surface area contributed by atoms with E-state index in [1.807, 2.05) is 36.4 Å². The quantitative estimate of drug-likeness (QED) is 0.171. The van der Waals surface area contributed by atoms with Gasteiger partial charge in [-0.1, -0.05) is 164 Å². The van der Waals surface area contributed by atoms with Crippen LogP contribution in [-0.2, 0) is 0 Å². The van der Waals surface area contributed by atoms with Gasteiger partial charge >= 0.3 is 0 Å². The first-order chi connectivity index (χ1) is 27.7. The van der Waals surface area contributed by atoms with Crippen molar-refractivity contribution in [2.24, 2.45) is 0 Å². The van der Waals surface area contributed by atoms with Crippen LogP contribution in [0, 0.1) is 0 Å². The summed E-state index contributed by atoms with van der Waals surface area (Å²) in [5.74, 6) is 1.93. The highest BCUT2D eigenvalue weighted by Gasteiger charge is 2.20. The van der Waals surface area contributed by atoms with Crippen molar-refractivity contribution in [1.82, 2.24) is 15.0 Å². The third-order valence-electron chi connectivity index (χ3n) is 10.6. The van der Waals surface area contributed by atoms with Crippen LogP contribution in [0.15, 0.2) is 192 Å². The molecule has 262 valence electrons. The second kappa shape index (κ2) is 13.3. The molecule has 3 heterocycles. The third-order valence-corrected chi connectivity index (χ3v) is 11.8. The number of benzene rings is 8. The Hall–Kier alpha value is -7.21. The largest absolute Gasteiger partial charge is 0.456 e. The number of hydrogen-bond acceptors (Lipinski definition) is 5. The van der Waals surface area contributed by atoms with Crippen molar-refractivity contribution in [3.63, 3.8) is 0 Å². The van der Waals surface area contributed by atoms with E-state index in [2.05, 4.69) is 152 Å². The van der Waals surface area contributed by atoms with Crippen LogP contribution < -0.4 is 0 Å². The number of para-hydroxylation sites is 1. The highest BCUT2D eigenvalue weighted by atomic mass is 32.1. The normalized spacial score (nSPS) is 11.6. The molecular weight excluding hydrogens is 703 g/mol. The highest BCUT2D eigenvalue weighted by Crippen LogP contribution is 2.46. The molecular formula is C51H31N3OS. The Kier molecular flexibility index (Phi) is 7.64. The van der Waals surface area contributed by atoms with Crippen LogP contribution in [0.5, 0.6) is 0 Å². The molecule has 11 aromatic rings. The van der Waals surface area contributed by atoms with Gasteiger partial charge in [-0.15, -0.1) is 11.3 Å². The van der Waals surface area contributed by atoms with Gasteiger partial charge in [-0.25, -0.2) is 15.0 Å². The molecule has 0 amide bonds. The van der Waals surface area contributed by atoms with E-state index in [1.165, 1.54) is 21.0 Å². The summed E-state index contributed by atoms with van der Waals surface area (Å²) in [5.41, 5.74) is 11.5. The first kappa shape index (κ1) is 32.2. The van der Waals surface area contributed by atoms with E-state index in [4.69, 9.17) is 19.4 Å². The average Bonchev–Trinajstić information content (AvgIpc) is 3.86. The number of nitrogens with zero attached hydrogens (tertiary/aromatic N) is 3. The smallest absolute Gasteiger partial charge is 0.165 e. The zero-order valence-corrected chi connectivity index (χ0v) is 30.9. The van der Waals surface area contributed by atoms with Crippen LogP contribution in [0.4, 0.5) is 0 Å². The zero-order chi connectivity index (χ0) is 37.0. The van der Waals surface area contributed by atoms with Crippen molar-refractivity contribution >= 4 is 53.4 Å². The van der Waals surface area contributed by atoms with Gasteiger partial charge < -0.3 is 4.42 Å². The number of aromatic nitrogens is 3. The van der Waals surface area contributed by atoms with E-state index >= 15 is 0 Å². The van der Waals surface area contributed by atoms with E-state index in [0.717, 1.165) is 71.1 Å². The minimum atomic E-state index is 0.639. The molecule has 0 bridgehead atoms. The molecule has 4 nitrogen and oxygen atoms in total. The Labute approximate surface area is 327 Å². The summed E-state index contributed by atoms with van der Waals surface area (Å²) < 4.78 is 8.87. The molecule has 0 spiro atoms. The summed E-state index contributed by atoms with van der Waals surface area (Å²) in [4.78, 5) is 15.3. The monoisotopic (exact) mass is 733 g/mol. The third kappa shape index (κ3) is 5.48. The second-order valence-corrected chi connectivity index (χ2v) is 15.0. The predicted octanol–water partition coefficient (Wildman–Crippen LogP) is 14.1. The number of furan rings is 1. The van der Waals surface area contributed by atoms with E-state index in [-0.39, 0.29) is 0 Å². The van der Waals surface area contributed by atoms with Crippen LogP contribution >= 0.6 is 11.3 Å². The first-order valence-electron chi connectivity index (χ1n) is 18.7. The molecule has 56 heavy (non-hydrogen) atoms. The number of hydrogen-bond donors (Lipinski definition) is 0. The fourth-order valence-electron chi connectivity index (χ4n) is 7.86. The Morgan fingerprint density at radius 3 is 1.52 bits per heavy atom. The average molecular weight is 734 g/mol. The van der Waals surface area contributed by atoms with Crippen LogP contribution in [-0.4, -0.2) is 15.0 Å². The molecule has 0 fully saturated rings. The van der Waals surface area contributed by atoms with Gasteiger partial charge in [0.25, 0.3) is 0 Å². The zero-order valence-electron chi connectivity index (χ0n) is 30.1. The minimum absolute atomic E-state index is 0.639. The lowest BCUT2D eigenvalue weighted by molar-refractivity contribution is 0.669. The molecule has 11 rings (SSSR count). The van der Waals surface area contributed by atoms with Crippen LogP contribution in [0.1, 0.15) is 0 Å². The molecule has 0 aliphatic heterocycles. The summed E-state index contributed by atoms with van der Waals surface area (Å²) in [7, 11) is 0. The number of thiophene rings is 1. The van der Waals surface area contributed by atoms with Crippen LogP contribution in [0.2, 0.25) is 0 Å². The number of rotatable bonds is 6. The molecule has 8 aromatic carbocycles. The Balaban J connectivity index is 1.09. The fourth-order valence-corrected chi connectivity index (χ4v) is 9.21. The van der Waals surface area contributed by atoms with E-state index in [1.54, 1.807) is 11.3 Å². The van der Waals surface area contributed by atoms with Crippen LogP contribution in [0.3, 0.4) is 0 Å². The predicted molar refractivity (Wildman–Crippen MR) is 233 cm³/mol. The maximum atomic E-state index is 6.53. The lowest BCUT2D eigenvalue weighted by atomic mass is 9.94. The van der Waals surface area contributed by atoms with E-state index in [0.29, 0.717) is 17.5 Å². The molecule has 0 saturated heterocycles. The molecule has 0 aliphatic rings. The summed E-state index contributed by atoms with van der Waals surface area (Å²) in [6.07, 6.45) is 0. The summed E-state index contributed by atoms with van der Waals surface area (Å²) in [5, 5.41) is 4.63. The van der Waals surface area contributed by atoms with Gasteiger partial charge in [-0.05, 0) is 57.6 Å².